The van der Waals surface area contributed by atoms with E-state index in [0.717, 1.165) is 5.56 Å². The van der Waals surface area contributed by atoms with Crippen LogP contribution in [0.2, 0.25) is 0 Å². The number of alkyl carbamates (subject to hydrolysis) is 1. The average molecular weight is 1100 g/mol. The second kappa shape index (κ2) is 26.6. The van der Waals surface area contributed by atoms with E-state index < -0.39 is 140 Å². The molecule has 0 aromatic heterocycles. The molecule has 400 valence electrons. The third-order valence-electron chi connectivity index (χ3n) is 11.9. The SMILES string of the molecule is COC1OC(COCc2ccccc2)C(OC2OC(COC3OC(CO)C(O)C(O)C3NC(=O)OCC(Cl)(Cl)Cl)C(OC(=O)c3ccccc3)C(OC(=O)c3ccccc3)C2OC(=O)c2ccccc2)C(O)C1O. The number of nitrogens with one attached hydrogen (secondary N) is 1. The van der Waals surface area contributed by atoms with Gasteiger partial charge in [-0.25, -0.2) is 19.2 Å². The zero-order chi connectivity index (χ0) is 52.9. The molecule has 0 saturated carbocycles. The Kier molecular flexibility index (Phi) is 20.4. The molecule has 0 radical (unpaired) electrons. The summed E-state index contributed by atoms with van der Waals surface area (Å²) in [5.74, 6) is -3.02. The molecule has 7 rings (SSSR count). The topological polar surface area (TPSA) is 283 Å². The third kappa shape index (κ3) is 14.9. The molecule has 4 aromatic carbocycles. The number of carbonyl (C=O) groups is 4. The van der Waals surface area contributed by atoms with Crippen molar-refractivity contribution in [3.05, 3.63) is 144 Å². The van der Waals surface area contributed by atoms with Gasteiger partial charge >= 0.3 is 24.0 Å². The predicted molar refractivity (Wildman–Crippen MR) is 257 cm³/mol. The van der Waals surface area contributed by atoms with Crippen LogP contribution in [0.25, 0.3) is 0 Å². The van der Waals surface area contributed by atoms with Crippen LogP contribution in [0, 0.1) is 0 Å². The van der Waals surface area contributed by atoms with Crippen molar-refractivity contribution in [2.45, 2.75) is 102 Å². The molecular weight excluding hydrogens is 1040 g/mol. The number of halogens is 3. The van der Waals surface area contributed by atoms with Crippen LogP contribution < -0.4 is 5.32 Å². The lowest BCUT2D eigenvalue weighted by molar-refractivity contribution is -0.361. The highest BCUT2D eigenvalue weighted by Crippen LogP contribution is 2.36. The number of amides is 1. The molecular formula is C50H54Cl3NO20. The number of aliphatic hydroxyl groups excluding tert-OH is 5. The molecule has 1 amide bonds. The summed E-state index contributed by atoms with van der Waals surface area (Å²) in [5.41, 5.74) is 0.797. The van der Waals surface area contributed by atoms with Gasteiger partial charge in [-0.1, -0.05) is 120 Å². The quantitative estimate of drug-likeness (QED) is 0.0447. The summed E-state index contributed by atoms with van der Waals surface area (Å²) in [6.45, 7) is -2.66. The monoisotopic (exact) mass is 1090 g/mol. The van der Waals surface area contributed by atoms with E-state index in [1.54, 1.807) is 54.6 Å². The number of hydrogen-bond donors (Lipinski definition) is 6. The number of rotatable bonds is 19. The van der Waals surface area contributed by atoms with Crippen molar-refractivity contribution < 1.29 is 96.8 Å². The van der Waals surface area contributed by atoms with Crippen LogP contribution in [-0.4, -0.2) is 179 Å². The van der Waals surface area contributed by atoms with Crippen molar-refractivity contribution in [3.8, 4) is 0 Å². The molecule has 3 aliphatic heterocycles. The number of aliphatic hydroxyl groups is 5. The number of carbonyl (C=O) groups excluding carboxylic acids is 4. The molecule has 3 fully saturated rings. The number of benzene rings is 4. The van der Waals surface area contributed by atoms with Crippen LogP contribution in [0.1, 0.15) is 36.6 Å². The summed E-state index contributed by atoms with van der Waals surface area (Å²) >= 11 is 17.3. The maximum atomic E-state index is 14.3. The van der Waals surface area contributed by atoms with Crippen molar-refractivity contribution in [3.63, 3.8) is 0 Å². The second-order valence-electron chi connectivity index (χ2n) is 17.0. The van der Waals surface area contributed by atoms with Crippen LogP contribution in [0.5, 0.6) is 0 Å². The predicted octanol–water partition coefficient (Wildman–Crippen LogP) is 3.00. The van der Waals surface area contributed by atoms with Gasteiger partial charge in [0.25, 0.3) is 0 Å². The fourth-order valence-corrected chi connectivity index (χ4v) is 8.30. The summed E-state index contributed by atoms with van der Waals surface area (Å²) in [4.78, 5) is 55.6. The van der Waals surface area contributed by atoms with Gasteiger partial charge in [-0.15, -0.1) is 0 Å². The number of alkyl halides is 3. The summed E-state index contributed by atoms with van der Waals surface area (Å²) in [6, 6.07) is 30.2. The number of ether oxygens (including phenoxy) is 11. The van der Waals surface area contributed by atoms with Crippen molar-refractivity contribution >= 4 is 58.8 Å². The van der Waals surface area contributed by atoms with E-state index in [2.05, 4.69) is 5.32 Å². The lowest BCUT2D eigenvalue weighted by Crippen LogP contribution is -2.67. The first-order chi connectivity index (χ1) is 35.5. The van der Waals surface area contributed by atoms with Gasteiger partial charge < -0.3 is 83.0 Å². The van der Waals surface area contributed by atoms with E-state index in [1.165, 1.54) is 43.5 Å². The molecule has 0 bridgehead atoms. The highest BCUT2D eigenvalue weighted by molar-refractivity contribution is 6.67. The average Bonchev–Trinajstić information content (AvgIpc) is 3.41. The normalized spacial score (nSPS) is 30.1. The molecule has 3 saturated heterocycles. The zero-order valence-corrected chi connectivity index (χ0v) is 41.5. The van der Waals surface area contributed by atoms with Crippen molar-refractivity contribution in [2.24, 2.45) is 0 Å². The minimum absolute atomic E-state index is 0.000247. The molecule has 3 aliphatic rings. The first kappa shape index (κ1) is 56.7. The van der Waals surface area contributed by atoms with Gasteiger partial charge in [0, 0.05) is 7.11 Å². The summed E-state index contributed by atoms with van der Waals surface area (Å²) < 4.78 is 63.9. The molecule has 74 heavy (non-hydrogen) atoms. The van der Waals surface area contributed by atoms with Crippen LogP contribution in [0.3, 0.4) is 0 Å². The maximum Gasteiger partial charge on any atom is 0.407 e. The molecule has 6 N–H and O–H groups in total. The van der Waals surface area contributed by atoms with E-state index >= 15 is 0 Å². The van der Waals surface area contributed by atoms with Gasteiger partial charge in [-0.3, -0.25) is 0 Å². The van der Waals surface area contributed by atoms with Gasteiger partial charge in [-0.2, -0.15) is 0 Å². The lowest BCUT2D eigenvalue weighted by Gasteiger charge is -2.48. The smallest absolute Gasteiger partial charge is 0.407 e. The van der Waals surface area contributed by atoms with E-state index in [4.69, 9.17) is 86.9 Å². The van der Waals surface area contributed by atoms with E-state index in [0.29, 0.717) is 0 Å². The fraction of sp³-hybridized carbons (Fsp3) is 0.440. The Hall–Kier alpha value is -5.05. The second-order valence-corrected chi connectivity index (χ2v) is 19.5. The summed E-state index contributed by atoms with van der Waals surface area (Å²) in [7, 11) is 1.24. The Labute approximate surface area is 438 Å². The highest BCUT2D eigenvalue weighted by atomic mass is 35.6. The first-order valence-corrected chi connectivity index (χ1v) is 24.2. The Bertz CT molecular complexity index is 2410. The standard InChI is InChI=1S/C50H54Cl3NO20/c1-64-47-38(59)37(58)39(32(69-47)24-65-23-27-14-6-2-7-15-27)74-48-42(73-45(62)30-20-12-5-13-21-30)41(72-44(61)29-18-10-4-11-19-29)40(71-43(60)28-16-8-3-9-17-28)33(70-48)25-66-46-34(36(57)35(56)31(22-55)68-46)54-49(63)67-26-50(51,52)53/h2-21,31-42,46-48,55-59H,22-26H2,1H3,(H,54,63). The number of hydrogen-bond acceptors (Lipinski definition) is 20. The molecule has 4 aromatic rings. The van der Waals surface area contributed by atoms with Crippen molar-refractivity contribution in [2.75, 3.05) is 33.5 Å². The Morgan fingerprint density at radius 3 is 1.58 bits per heavy atom. The van der Waals surface area contributed by atoms with Crippen LogP contribution in [0.15, 0.2) is 121 Å². The van der Waals surface area contributed by atoms with E-state index in [1.807, 2.05) is 30.3 Å². The van der Waals surface area contributed by atoms with Gasteiger partial charge in [0.15, 0.2) is 37.2 Å². The maximum absolute atomic E-state index is 14.3. The molecule has 24 heteroatoms. The van der Waals surface area contributed by atoms with E-state index in [9.17, 15) is 44.7 Å². The molecule has 15 unspecified atom stereocenters. The minimum atomic E-state index is -2.05. The Morgan fingerprint density at radius 1 is 0.568 bits per heavy atom. The molecule has 0 spiro atoms. The Balaban J connectivity index is 1.30. The molecule has 3 heterocycles. The zero-order valence-electron chi connectivity index (χ0n) is 39.2. The summed E-state index contributed by atoms with van der Waals surface area (Å²) in [5, 5.41) is 57.6. The summed E-state index contributed by atoms with van der Waals surface area (Å²) in [6.07, 6.45) is -25.6. The molecule has 0 aliphatic carbocycles. The lowest BCUT2D eigenvalue weighted by atomic mass is 9.95. The highest BCUT2D eigenvalue weighted by Gasteiger charge is 2.57. The van der Waals surface area contributed by atoms with E-state index in [-0.39, 0.29) is 29.9 Å². The van der Waals surface area contributed by atoms with Crippen LogP contribution >= 0.6 is 34.8 Å². The molecule has 21 nitrogen and oxygen atoms in total. The number of methoxy groups -OCH3 is 1. The fourth-order valence-electron chi connectivity index (χ4n) is 8.14. The minimum Gasteiger partial charge on any atom is -0.452 e. The number of esters is 3. The van der Waals surface area contributed by atoms with Gasteiger partial charge in [0.05, 0.1) is 43.1 Å². The van der Waals surface area contributed by atoms with Crippen LogP contribution in [-0.2, 0) is 58.7 Å². The van der Waals surface area contributed by atoms with Crippen molar-refractivity contribution in [1.29, 1.82) is 0 Å². The Morgan fingerprint density at radius 2 is 1.05 bits per heavy atom. The first-order valence-electron chi connectivity index (χ1n) is 23.0. The largest absolute Gasteiger partial charge is 0.452 e. The van der Waals surface area contributed by atoms with Crippen molar-refractivity contribution in [1.82, 2.24) is 5.32 Å². The third-order valence-corrected chi connectivity index (χ3v) is 12.2. The van der Waals surface area contributed by atoms with Gasteiger partial charge in [0.2, 0.25) is 3.79 Å². The van der Waals surface area contributed by atoms with Crippen LogP contribution in [0.4, 0.5) is 4.79 Å². The molecule has 15 atom stereocenters. The van der Waals surface area contributed by atoms with Gasteiger partial charge in [-0.05, 0) is 42.0 Å². The van der Waals surface area contributed by atoms with Gasteiger partial charge in [0.1, 0.15) is 61.5 Å².